The molecule has 142 valence electrons. The van der Waals surface area contributed by atoms with Crippen LogP contribution in [-0.4, -0.2) is 13.3 Å². The van der Waals surface area contributed by atoms with Crippen molar-refractivity contribution < 1.29 is 0 Å². The fourth-order valence-corrected chi connectivity index (χ4v) is 3.18. The van der Waals surface area contributed by atoms with E-state index in [2.05, 4.69) is 73.6 Å². The van der Waals surface area contributed by atoms with Crippen LogP contribution in [0, 0.1) is 6.92 Å². The topological polar surface area (TPSA) is 12.4 Å². The molecule has 0 aliphatic rings. The number of aliphatic imine (C=N–C) groups is 1. The summed E-state index contributed by atoms with van der Waals surface area (Å²) in [7, 11) is 1.77. The zero-order valence-electron chi connectivity index (χ0n) is 17.4. The number of hydrogen-bond acceptors (Lipinski definition) is 1. The molecule has 0 fully saturated rings. The van der Waals surface area contributed by atoms with Gasteiger partial charge in [0.2, 0.25) is 0 Å². The van der Waals surface area contributed by atoms with Crippen LogP contribution in [0.15, 0.2) is 113 Å². The lowest BCUT2D eigenvalue weighted by Crippen LogP contribution is -2.00. The van der Waals surface area contributed by atoms with E-state index in [0.717, 1.165) is 33.4 Å². The summed E-state index contributed by atoms with van der Waals surface area (Å²) in [6.45, 7) is 14.8. The Labute approximate surface area is 169 Å². The Hall–Kier alpha value is -3.19. The molecule has 2 aromatic carbocycles. The monoisotopic (exact) mass is 367 g/mol. The van der Waals surface area contributed by atoms with Crippen molar-refractivity contribution in [2.75, 3.05) is 7.05 Å². The predicted molar refractivity (Wildman–Crippen MR) is 125 cm³/mol. The minimum absolute atomic E-state index is 0.929. The summed E-state index contributed by atoms with van der Waals surface area (Å²) in [6.07, 6.45) is 7.95. The van der Waals surface area contributed by atoms with Crippen molar-refractivity contribution in [3.05, 3.63) is 125 Å². The van der Waals surface area contributed by atoms with Crippen LogP contribution in [0.4, 0.5) is 0 Å². The number of allylic oxidation sites excluding steroid dienone is 7. The Kier molecular flexibility index (Phi) is 7.71. The van der Waals surface area contributed by atoms with Gasteiger partial charge in [0, 0.05) is 13.3 Å². The summed E-state index contributed by atoms with van der Waals surface area (Å²) < 4.78 is 0. The second kappa shape index (κ2) is 10.2. The van der Waals surface area contributed by atoms with Gasteiger partial charge in [0.25, 0.3) is 0 Å². The molecule has 0 aliphatic carbocycles. The van der Waals surface area contributed by atoms with Crippen LogP contribution in [0.5, 0.6) is 0 Å². The fraction of sp³-hybridized carbons (Fsp3) is 0.148. The molecule has 1 heteroatoms. The summed E-state index contributed by atoms with van der Waals surface area (Å²) in [6, 6.07) is 18.9. The molecule has 2 rings (SSSR count). The maximum atomic E-state index is 4.37. The lowest BCUT2D eigenvalue weighted by molar-refractivity contribution is 1.35. The van der Waals surface area contributed by atoms with Gasteiger partial charge in [0.15, 0.2) is 0 Å². The number of benzene rings is 2. The summed E-state index contributed by atoms with van der Waals surface area (Å²) >= 11 is 0. The van der Waals surface area contributed by atoms with E-state index in [0.29, 0.717) is 0 Å². The highest BCUT2D eigenvalue weighted by Gasteiger charge is 2.15. The third-order valence-corrected chi connectivity index (χ3v) is 4.56. The third kappa shape index (κ3) is 5.17. The maximum absolute atomic E-state index is 4.37. The quantitative estimate of drug-likeness (QED) is 0.364. The SMILES string of the molecule is C=C(C)/C(C(=C)/C=C/C(C=NC)=C/C)=C(/c1ccccc1)c1ccccc1C. The van der Waals surface area contributed by atoms with Gasteiger partial charge in [0.05, 0.1) is 0 Å². The normalized spacial score (nSPS) is 13.1. The van der Waals surface area contributed by atoms with E-state index in [1.807, 2.05) is 44.4 Å². The molecule has 0 saturated carbocycles. The smallest absolute Gasteiger partial charge is 0.0278 e. The van der Waals surface area contributed by atoms with E-state index >= 15 is 0 Å². The Bertz CT molecular complexity index is 966. The first-order valence-electron chi connectivity index (χ1n) is 9.47. The van der Waals surface area contributed by atoms with E-state index in [9.17, 15) is 0 Å². The highest BCUT2D eigenvalue weighted by molar-refractivity contribution is 5.89. The van der Waals surface area contributed by atoms with Crippen LogP contribution < -0.4 is 0 Å². The van der Waals surface area contributed by atoms with Crippen LogP contribution in [0.1, 0.15) is 30.5 Å². The van der Waals surface area contributed by atoms with Crippen molar-refractivity contribution in [1.29, 1.82) is 0 Å². The van der Waals surface area contributed by atoms with Crippen LogP contribution in [0.25, 0.3) is 5.57 Å². The van der Waals surface area contributed by atoms with Crippen molar-refractivity contribution in [1.82, 2.24) is 0 Å². The van der Waals surface area contributed by atoms with Crippen molar-refractivity contribution in [2.24, 2.45) is 4.99 Å². The molecular weight excluding hydrogens is 338 g/mol. The molecule has 0 unspecified atom stereocenters. The van der Waals surface area contributed by atoms with E-state index in [1.165, 1.54) is 11.1 Å². The predicted octanol–water partition coefficient (Wildman–Crippen LogP) is 7.13. The van der Waals surface area contributed by atoms with Gasteiger partial charge in [-0.05, 0) is 65.3 Å². The minimum atomic E-state index is 0.929. The number of nitrogens with zero attached hydrogens (tertiary/aromatic N) is 1. The second-order valence-corrected chi connectivity index (χ2v) is 6.75. The zero-order valence-corrected chi connectivity index (χ0v) is 17.4. The third-order valence-electron chi connectivity index (χ3n) is 4.56. The van der Waals surface area contributed by atoms with Gasteiger partial charge in [-0.1, -0.05) is 86.0 Å². The van der Waals surface area contributed by atoms with Gasteiger partial charge >= 0.3 is 0 Å². The van der Waals surface area contributed by atoms with Gasteiger partial charge in [-0.2, -0.15) is 0 Å². The zero-order chi connectivity index (χ0) is 20.5. The van der Waals surface area contributed by atoms with Gasteiger partial charge in [-0.15, -0.1) is 0 Å². The molecule has 0 heterocycles. The summed E-state index contributed by atoms with van der Waals surface area (Å²) in [5, 5.41) is 0. The average Bonchev–Trinajstić information content (AvgIpc) is 2.70. The van der Waals surface area contributed by atoms with Gasteiger partial charge < -0.3 is 0 Å². The van der Waals surface area contributed by atoms with E-state index in [1.54, 1.807) is 7.05 Å². The molecule has 0 atom stereocenters. The van der Waals surface area contributed by atoms with E-state index in [4.69, 9.17) is 0 Å². The van der Waals surface area contributed by atoms with Crippen LogP contribution in [0.2, 0.25) is 0 Å². The van der Waals surface area contributed by atoms with Crippen LogP contribution >= 0.6 is 0 Å². The molecule has 28 heavy (non-hydrogen) atoms. The maximum Gasteiger partial charge on any atom is 0.0278 e. The van der Waals surface area contributed by atoms with Crippen molar-refractivity contribution in [2.45, 2.75) is 20.8 Å². The van der Waals surface area contributed by atoms with Gasteiger partial charge in [-0.25, -0.2) is 0 Å². The Morgan fingerprint density at radius 1 is 0.929 bits per heavy atom. The first-order chi connectivity index (χ1) is 13.5. The molecule has 0 aliphatic heterocycles. The Balaban J connectivity index is 2.72. The van der Waals surface area contributed by atoms with E-state index in [-0.39, 0.29) is 0 Å². The number of hydrogen-bond donors (Lipinski definition) is 0. The first kappa shape index (κ1) is 21.1. The molecule has 0 amide bonds. The highest BCUT2D eigenvalue weighted by Crippen LogP contribution is 2.35. The molecule has 0 N–H and O–H groups in total. The van der Waals surface area contributed by atoms with Crippen molar-refractivity contribution in [3.63, 3.8) is 0 Å². The van der Waals surface area contributed by atoms with E-state index < -0.39 is 0 Å². The minimum Gasteiger partial charge on any atom is -0.296 e. The number of rotatable bonds is 7. The standard InChI is InChI=1S/C27H29N/c1-7-23(19-28-6)18-17-22(5)26(20(2)3)27(24-14-9-8-10-15-24)25-16-12-11-13-21(25)4/h7-19H,2,5H2,1,3-4,6H3/b18-17+,23-7-,27-26+,28-19?. The Morgan fingerprint density at radius 2 is 1.57 bits per heavy atom. The van der Waals surface area contributed by atoms with Gasteiger partial charge in [-0.3, -0.25) is 4.99 Å². The molecule has 1 nitrogen and oxygen atoms in total. The largest absolute Gasteiger partial charge is 0.296 e. The van der Waals surface area contributed by atoms with Crippen molar-refractivity contribution in [3.8, 4) is 0 Å². The van der Waals surface area contributed by atoms with Crippen LogP contribution in [-0.2, 0) is 0 Å². The lowest BCUT2D eigenvalue weighted by atomic mass is 9.85. The number of aryl methyl sites for hydroxylation is 1. The van der Waals surface area contributed by atoms with Crippen molar-refractivity contribution >= 4 is 11.8 Å². The highest BCUT2D eigenvalue weighted by atomic mass is 14.6. The second-order valence-electron chi connectivity index (χ2n) is 6.75. The lowest BCUT2D eigenvalue weighted by Gasteiger charge is -2.19. The fourth-order valence-electron chi connectivity index (χ4n) is 3.18. The summed E-state index contributed by atoms with van der Waals surface area (Å²) in [5.41, 5.74) is 8.77. The molecule has 0 saturated heterocycles. The van der Waals surface area contributed by atoms with Gasteiger partial charge in [0.1, 0.15) is 0 Å². The van der Waals surface area contributed by atoms with Crippen LogP contribution in [0.3, 0.4) is 0 Å². The molecule has 0 radical (unpaired) electrons. The molecule has 2 aromatic rings. The molecule has 0 aromatic heterocycles. The summed E-state index contributed by atoms with van der Waals surface area (Å²) in [5.74, 6) is 0. The first-order valence-corrected chi connectivity index (χ1v) is 9.47. The average molecular weight is 368 g/mol. The molecule has 0 bridgehead atoms. The molecular formula is C27H29N. The summed E-state index contributed by atoms with van der Waals surface area (Å²) in [4.78, 5) is 4.10. The molecule has 0 spiro atoms. The Morgan fingerprint density at radius 3 is 2.14 bits per heavy atom.